The summed E-state index contributed by atoms with van der Waals surface area (Å²) in [7, 11) is -2.99. The van der Waals surface area contributed by atoms with Crippen molar-refractivity contribution >= 4 is 27.2 Å². The van der Waals surface area contributed by atoms with Gasteiger partial charge in [-0.3, -0.25) is 14.4 Å². The van der Waals surface area contributed by atoms with Gasteiger partial charge in [0.2, 0.25) is 0 Å². The molecule has 1 aromatic heterocycles. The van der Waals surface area contributed by atoms with Gasteiger partial charge in [-0.15, -0.1) is 0 Å². The summed E-state index contributed by atoms with van der Waals surface area (Å²) in [6.45, 7) is 2.98. The second kappa shape index (κ2) is 7.28. The standard InChI is InChI=1S/C20H24ClN3O3S/c1-28(26,27)9-8-24-14-15(12-22-24)13-23-6-4-20(5-7-23)11-19(25)17-3-2-16(21)10-18(17)20/h2-3,10,12,14H,4-9,11,13H2,1H3. The summed E-state index contributed by atoms with van der Waals surface area (Å²) in [6.07, 6.45) is 7.42. The van der Waals surface area contributed by atoms with Crippen LogP contribution in [0.1, 0.15) is 40.7 Å². The Hall–Kier alpha value is -1.70. The quantitative estimate of drug-likeness (QED) is 0.742. The predicted octanol–water partition coefficient (Wildman–Crippen LogP) is 2.70. The molecular formula is C20H24ClN3O3S. The molecule has 0 saturated carbocycles. The molecule has 28 heavy (non-hydrogen) atoms. The minimum absolute atomic E-state index is 0.0759. The van der Waals surface area contributed by atoms with Crippen LogP contribution in [0.2, 0.25) is 5.02 Å². The van der Waals surface area contributed by atoms with Gasteiger partial charge in [0, 0.05) is 47.0 Å². The summed E-state index contributed by atoms with van der Waals surface area (Å²) in [4.78, 5) is 14.8. The van der Waals surface area contributed by atoms with Gasteiger partial charge < -0.3 is 0 Å². The number of rotatable bonds is 5. The largest absolute Gasteiger partial charge is 0.299 e. The Morgan fingerprint density at radius 1 is 1.25 bits per heavy atom. The Morgan fingerprint density at radius 3 is 2.71 bits per heavy atom. The van der Waals surface area contributed by atoms with Crippen LogP contribution >= 0.6 is 11.6 Å². The van der Waals surface area contributed by atoms with Gasteiger partial charge in [0.15, 0.2) is 5.78 Å². The lowest BCUT2D eigenvalue weighted by Gasteiger charge is -2.39. The van der Waals surface area contributed by atoms with Crippen LogP contribution in [0, 0.1) is 0 Å². The number of aromatic nitrogens is 2. The maximum Gasteiger partial charge on any atom is 0.164 e. The molecule has 6 nitrogen and oxygen atoms in total. The molecule has 0 bridgehead atoms. The SMILES string of the molecule is CS(=O)(=O)CCn1cc(CN2CCC3(CC2)CC(=O)c2ccc(Cl)cc23)cn1. The highest BCUT2D eigenvalue weighted by molar-refractivity contribution is 7.90. The molecule has 0 unspecified atom stereocenters. The van der Waals surface area contributed by atoms with Crippen LogP contribution in [0.4, 0.5) is 0 Å². The fraction of sp³-hybridized carbons (Fsp3) is 0.500. The Balaban J connectivity index is 1.39. The molecule has 4 rings (SSSR count). The number of aryl methyl sites for hydroxylation is 1. The van der Waals surface area contributed by atoms with E-state index in [1.165, 1.54) is 6.26 Å². The van der Waals surface area contributed by atoms with Gasteiger partial charge in [0.1, 0.15) is 9.84 Å². The maximum absolute atomic E-state index is 12.4. The topological polar surface area (TPSA) is 72.3 Å². The highest BCUT2D eigenvalue weighted by Crippen LogP contribution is 2.47. The normalized spacial score (nSPS) is 19.3. The summed E-state index contributed by atoms with van der Waals surface area (Å²) in [5.41, 5.74) is 2.96. The van der Waals surface area contributed by atoms with Gasteiger partial charge >= 0.3 is 0 Å². The molecule has 0 radical (unpaired) electrons. The van der Waals surface area contributed by atoms with Crippen molar-refractivity contribution in [3.63, 3.8) is 0 Å². The van der Waals surface area contributed by atoms with Gasteiger partial charge in [0.25, 0.3) is 0 Å². The summed E-state index contributed by atoms with van der Waals surface area (Å²) in [5.74, 6) is 0.323. The number of piperidine rings is 1. The number of hydrogen-bond acceptors (Lipinski definition) is 5. The minimum Gasteiger partial charge on any atom is -0.299 e. The van der Waals surface area contributed by atoms with Crippen molar-refractivity contribution in [1.82, 2.24) is 14.7 Å². The molecule has 0 atom stereocenters. The van der Waals surface area contributed by atoms with E-state index in [1.807, 2.05) is 18.3 Å². The average molecular weight is 422 g/mol. The lowest BCUT2D eigenvalue weighted by atomic mass is 9.74. The summed E-state index contributed by atoms with van der Waals surface area (Å²) >= 11 is 6.20. The van der Waals surface area contributed by atoms with Gasteiger partial charge in [0.05, 0.1) is 18.5 Å². The van der Waals surface area contributed by atoms with E-state index in [9.17, 15) is 13.2 Å². The number of likely N-dealkylation sites (tertiary alicyclic amines) is 1. The Bertz CT molecular complexity index is 1010. The van der Waals surface area contributed by atoms with E-state index >= 15 is 0 Å². The third kappa shape index (κ3) is 4.02. The minimum atomic E-state index is -2.99. The van der Waals surface area contributed by atoms with Crippen LogP contribution in [0.25, 0.3) is 0 Å². The highest BCUT2D eigenvalue weighted by Gasteiger charge is 2.45. The Morgan fingerprint density at radius 2 is 2.00 bits per heavy atom. The Labute approximate surface area is 170 Å². The second-order valence-corrected chi connectivity index (χ2v) is 10.8. The van der Waals surface area contributed by atoms with Crippen LogP contribution < -0.4 is 0 Å². The number of Topliss-reactive ketones (excluding diaryl/α,β-unsaturated/α-hetero) is 1. The number of halogens is 1. The molecule has 2 aromatic rings. The van der Waals surface area contributed by atoms with Crippen LogP contribution in [0.3, 0.4) is 0 Å². The van der Waals surface area contributed by atoms with Crippen LogP contribution in [-0.2, 0) is 28.3 Å². The molecule has 2 heterocycles. The first-order chi connectivity index (χ1) is 13.2. The van der Waals surface area contributed by atoms with E-state index in [4.69, 9.17) is 11.6 Å². The third-order valence-corrected chi connectivity index (χ3v) is 7.11. The zero-order chi connectivity index (χ0) is 19.9. The monoisotopic (exact) mass is 421 g/mol. The molecule has 1 fully saturated rings. The van der Waals surface area contributed by atoms with E-state index in [0.29, 0.717) is 18.0 Å². The van der Waals surface area contributed by atoms with Crippen molar-refractivity contribution in [2.24, 2.45) is 0 Å². The molecule has 1 saturated heterocycles. The molecular weight excluding hydrogens is 398 g/mol. The molecule has 1 aliphatic heterocycles. The summed E-state index contributed by atoms with van der Waals surface area (Å²) in [6, 6.07) is 5.64. The fourth-order valence-corrected chi connectivity index (χ4v) is 5.10. The number of ketones is 1. The molecule has 8 heteroatoms. The van der Waals surface area contributed by atoms with E-state index in [2.05, 4.69) is 10.00 Å². The number of fused-ring (bicyclic) bond motifs is 2. The van der Waals surface area contributed by atoms with Gasteiger partial charge in [-0.1, -0.05) is 11.6 Å². The number of nitrogens with zero attached hydrogens (tertiary/aromatic N) is 3. The molecule has 1 aromatic carbocycles. The van der Waals surface area contributed by atoms with Gasteiger partial charge in [-0.25, -0.2) is 8.42 Å². The molecule has 2 aliphatic rings. The summed E-state index contributed by atoms with van der Waals surface area (Å²) in [5, 5.41) is 4.96. The molecule has 0 N–H and O–H groups in total. The lowest BCUT2D eigenvalue weighted by molar-refractivity contribution is 0.0931. The zero-order valence-electron chi connectivity index (χ0n) is 15.9. The first kappa shape index (κ1) is 19.6. The van der Waals surface area contributed by atoms with Crippen LogP contribution in [0.5, 0.6) is 0 Å². The molecule has 150 valence electrons. The van der Waals surface area contributed by atoms with E-state index in [-0.39, 0.29) is 17.0 Å². The third-order valence-electron chi connectivity index (χ3n) is 5.95. The van der Waals surface area contributed by atoms with Crippen molar-refractivity contribution in [1.29, 1.82) is 0 Å². The van der Waals surface area contributed by atoms with Crippen LogP contribution in [0.15, 0.2) is 30.6 Å². The number of carbonyl (C=O) groups excluding carboxylic acids is 1. The highest BCUT2D eigenvalue weighted by atomic mass is 35.5. The predicted molar refractivity (Wildman–Crippen MR) is 109 cm³/mol. The average Bonchev–Trinajstić information content (AvgIpc) is 3.18. The van der Waals surface area contributed by atoms with Gasteiger partial charge in [-0.2, -0.15) is 5.10 Å². The number of sulfone groups is 1. The smallest absolute Gasteiger partial charge is 0.164 e. The van der Waals surface area contributed by atoms with Crippen molar-refractivity contribution in [3.8, 4) is 0 Å². The van der Waals surface area contributed by atoms with Gasteiger partial charge in [-0.05, 0) is 49.7 Å². The molecule has 1 spiro atoms. The maximum atomic E-state index is 12.4. The van der Waals surface area contributed by atoms with Crippen molar-refractivity contribution in [2.45, 2.75) is 37.8 Å². The van der Waals surface area contributed by atoms with Crippen molar-refractivity contribution in [2.75, 3.05) is 25.1 Å². The number of hydrogen-bond donors (Lipinski definition) is 0. The zero-order valence-corrected chi connectivity index (χ0v) is 17.5. The fourth-order valence-electron chi connectivity index (χ4n) is 4.41. The molecule has 0 amide bonds. The Kier molecular flexibility index (Phi) is 5.10. The van der Waals surface area contributed by atoms with Crippen molar-refractivity contribution in [3.05, 3.63) is 52.3 Å². The first-order valence-electron chi connectivity index (χ1n) is 9.49. The number of benzene rings is 1. The second-order valence-electron chi connectivity index (χ2n) is 8.09. The first-order valence-corrected chi connectivity index (χ1v) is 11.9. The van der Waals surface area contributed by atoms with E-state index < -0.39 is 9.84 Å². The van der Waals surface area contributed by atoms with Crippen molar-refractivity contribution < 1.29 is 13.2 Å². The van der Waals surface area contributed by atoms with Crippen LogP contribution in [-0.4, -0.2) is 54.0 Å². The van der Waals surface area contributed by atoms with E-state index in [0.717, 1.165) is 49.2 Å². The molecule has 1 aliphatic carbocycles. The van der Waals surface area contributed by atoms with E-state index in [1.54, 1.807) is 16.9 Å². The summed E-state index contributed by atoms with van der Waals surface area (Å²) < 4.78 is 24.3. The number of carbonyl (C=O) groups is 1. The lowest BCUT2D eigenvalue weighted by Crippen LogP contribution is -2.41.